The molecule has 1 N–H and O–H groups in total. The summed E-state index contributed by atoms with van der Waals surface area (Å²) < 4.78 is 0. The average Bonchev–Trinajstić information content (AvgIpc) is 2.88. The van der Waals surface area contributed by atoms with E-state index in [-0.39, 0.29) is 11.9 Å². The van der Waals surface area contributed by atoms with E-state index < -0.39 is 5.92 Å². The maximum absolute atomic E-state index is 12.3. The second-order valence-corrected chi connectivity index (χ2v) is 6.65. The van der Waals surface area contributed by atoms with E-state index in [0.29, 0.717) is 5.25 Å². The Morgan fingerprint density at radius 2 is 2.20 bits per heavy atom. The highest BCUT2D eigenvalue weighted by atomic mass is 32.2. The third-order valence-corrected chi connectivity index (χ3v) is 4.89. The van der Waals surface area contributed by atoms with Gasteiger partial charge in [-0.1, -0.05) is 37.3 Å². The van der Waals surface area contributed by atoms with Gasteiger partial charge in [0.2, 0.25) is 5.91 Å². The van der Waals surface area contributed by atoms with Crippen LogP contribution >= 0.6 is 11.8 Å². The van der Waals surface area contributed by atoms with Gasteiger partial charge in [-0.3, -0.25) is 4.79 Å². The van der Waals surface area contributed by atoms with E-state index in [9.17, 15) is 10.1 Å². The lowest BCUT2D eigenvalue weighted by molar-refractivity contribution is -0.122. The van der Waals surface area contributed by atoms with Gasteiger partial charge in [0.15, 0.2) is 0 Å². The lowest BCUT2D eigenvalue weighted by Gasteiger charge is -2.16. The first-order valence-electron chi connectivity index (χ1n) is 7.11. The summed E-state index contributed by atoms with van der Waals surface area (Å²) in [7, 11) is 0. The van der Waals surface area contributed by atoms with Crippen molar-refractivity contribution < 1.29 is 4.79 Å². The van der Waals surface area contributed by atoms with Crippen LogP contribution in [0.5, 0.6) is 0 Å². The summed E-state index contributed by atoms with van der Waals surface area (Å²) in [6, 6.07) is 11.6. The van der Waals surface area contributed by atoms with E-state index in [2.05, 4.69) is 18.3 Å². The maximum atomic E-state index is 12.3. The predicted molar refractivity (Wildman–Crippen MR) is 82.5 cm³/mol. The maximum Gasteiger partial charge on any atom is 0.242 e. The third kappa shape index (κ3) is 3.77. The molecule has 20 heavy (non-hydrogen) atoms. The van der Waals surface area contributed by atoms with Gasteiger partial charge in [0.1, 0.15) is 5.92 Å². The first-order chi connectivity index (χ1) is 9.74. The van der Waals surface area contributed by atoms with Crippen LogP contribution in [0.25, 0.3) is 0 Å². The van der Waals surface area contributed by atoms with Crippen LogP contribution in [0.15, 0.2) is 30.3 Å². The van der Waals surface area contributed by atoms with Gasteiger partial charge >= 0.3 is 0 Å². The summed E-state index contributed by atoms with van der Waals surface area (Å²) in [6.45, 7) is 2.16. The van der Waals surface area contributed by atoms with E-state index in [0.717, 1.165) is 30.6 Å². The van der Waals surface area contributed by atoms with Crippen molar-refractivity contribution in [2.45, 2.75) is 43.4 Å². The number of carbonyl (C=O) groups is 1. The van der Waals surface area contributed by atoms with Crippen molar-refractivity contribution >= 4 is 17.7 Å². The fourth-order valence-electron chi connectivity index (χ4n) is 2.67. The highest BCUT2D eigenvalue weighted by molar-refractivity contribution is 7.99. The Hall–Kier alpha value is -1.47. The van der Waals surface area contributed by atoms with Crippen LogP contribution < -0.4 is 5.32 Å². The Bertz CT molecular complexity index is 483. The smallest absolute Gasteiger partial charge is 0.242 e. The molecule has 0 aliphatic heterocycles. The fourth-order valence-corrected chi connectivity index (χ4v) is 3.82. The topological polar surface area (TPSA) is 52.9 Å². The minimum atomic E-state index is -0.700. The zero-order valence-corrected chi connectivity index (χ0v) is 12.5. The van der Waals surface area contributed by atoms with Crippen molar-refractivity contribution in [3.05, 3.63) is 35.9 Å². The number of carbonyl (C=O) groups excluding carboxylic acids is 1. The summed E-state index contributed by atoms with van der Waals surface area (Å²) >= 11 is 1.96. The molecule has 0 radical (unpaired) electrons. The largest absolute Gasteiger partial charge is 0.352 e. The third-order valence-electron chi connectivity index (χ3n) is 3.66. The Morgan fingerprint density at radius 3 is 2.85 bits per heavy atom. The van der Waals surface area contributed by atoms with Gasteiger partial charge < -0.3 is 5.32 Å². The molecule has 4 heteroatoms. The van der Waals surface area contributed by atoms with Crippen molar-refractivity contribution in [1.82, 2.24) is 5.32 Å². The molecule has 3 nitrogen and oxygen atoms in total. The van der Waals surface area contributed by atoms with Crippen LogP contribution in [-0.4, -0.2) is 23.0 Å². The Balaban J connectivity index is 1.93. The molecule has 3 unspecified atom stereocenters. The summed E-state index contributed by atoms with van der Waals surface area (Å²) in [4.78, 5) is 12.3. The van der Waals surface area contributed by atoms with E-state index in [1.807, 2.05) is 42.1 Å². The number of nitrogens with zero attached hydrogens (tertiary/aromatic N) is 1. The number of nitriles is 1. The van der Waals surface area contributed by atoms with Gasteiger partial charge in [-0.25, -0.2) is 0 Å². The SMILES string of the molecule is CCSC1CCC(NC(=O)C(C#N)c2ccccc2)C1. The van der Waals surface area contributed by atoms with Crippen LogP contribution in [0.1, 0.15) is 37.7 Å². The van der Waals surface area contributed by atoms with Gasteiger partial charge in [0.05, 0.1) is 6.07 Å². The van der Waals surface area contributed by atoms with E-state index in [1.165, 1.54) is 0 Å². The Kier molecular flexibility index (Phi) is 5.49. The van der Waals surface area contributed by atoms with Crippen LogP contribution in [0, 0.1) is 11.3 Å². The second kappa shape index (κ2) is 7.35. The van der Waals surface area contributed by atoms with Gasteiger partial charge in [0, 0.05) is 11.3 Å². The second-order valence-electron chi connectivity index (χ2n) is 5.07. The minimum Gasteiger partial charge on any atom is -0.352 e. The molecule has 0 spiro atoms. The van der Waals surface area contributed by atoms with Gasteiger partial charge in [0.25, 0.3) is 0 Å². The molecule has 0 heterocycles. The van der Waals surface area contributed by atoms with Crippen LogP contribution in [0.2, 0.25) is 0 Å². The van der Waals surface area contributed by atoms with Crippen molar-refractivity contribution in [2.24, 2.45) is 0 Å². The zero-order valence-electron chi connectivity index (χ0n) is 11.7. The molecule has 106 valence electrons. The first-order valence-corrected chi connectivity index (χ1v) is 8.16. The molecular weight excluding hydrogens is 268 g/mol. The average molecular weight is 288 g/mol. The quantitative estimate of drug-likeness (QED) is 0.906. The number of nitrogens with one attached hydrogen (secondary N) is 1. The molecule has 1 aromatic rings. The zero-order chi connectivity index (χ0) is 14.4. The molecule has 1 aliphatic rings. The molecule has 0 bridgehead atoms. The van der Waals surface area contributed by atoms with Crippen LogP contribution in [0.4, 0.5) is 0 Å². The fraction of sp³-hybridized carbons (Fsp3) is 0.500. The van der Waals surface area contributed by atoms with E-state index in [1.54, 1.807) is 0 Å². The normalized spacial score (nSPS) is 23.0. The predicted octanol–water partition coefficient (Wildman–Crippen LogP) is 3.08. The molecule has 1 aromatic carbocycles. The summed E-state index contributed by atoms with van der Waals surface area (Å²) in [6.07, 6.45) is 3.21. The Labute approximate surface area is 124 Å². The van der Waals surface area contributed by atoms with Crippen molar-refractivity contribution in [1.29, 1.82) is 5.26 Å². The molecule has 0 saturated heterocycles. The van der Waals surface area contributed by atoms with E-state index in [4.69, 9.17) is 0 Å². The number of rotatable bonds is 5. The highest BCUT2D eigenvalue weighted by Crippen LogP contribution is 2.30. The summed E-state index contributed by atoms with van der Waals surface area (Å²) in [5, 5.41) is 12.9. The molecule has 1 saturated carbocycles. The number of hydrogen-bond donors (Lipinski definition) is 1. The van der Waals surface area contributed by atoms with Crippen molar-refractivity contribution in [3.63, 3.8) is 0 Å². The molecular formula is C16H20N2OS. The Morgan fingerprint density at radius 1 is 1.45 bits per heavy atom. The highest BCUT2D eigenvalue weighted by Gasteiger charge is 2.28. The van der Waals surface area contributed by atoms with Gasteiger partial charge in [-0.15, -0.1) is 0 Å². The standard InChI is InChI=1S/C16H20N2OS/c1-2-20-14-9-8-13(10-14)18-16(19)15(11-17)12-6-4-3-5-7-12/h3-7,13-15H,2,8-10H2,1H3,(H,18,19). The number of thioether (sulfide) groups is 1. The van der Waals surface area contributed by atoms with Crippen molar-refractivity contribution in [2.75, 3.05) is 5.75 Å². The van der Waals surface area contributed by atoms with E-state index >= 15 is 0 Å². The molecule has 2 rings (SSSR count). The molecule has 0 aromatic heterocycles. The first kappa shape index (κ1) is 14.9. The van der Waals surface area contributed by atoms with Gasteiger partial charge in [-0.2, -0.15) is 17.0 Å². The summed E-state index contributed by atoms with van der Waals surface area (Å²) in [5.74, 6) is 0.260. The number of amides is 1. The summed E-state index contributed by atoms with van der Waals surface area (Å²) in [5.41, 5.74) is 0.769. The molecule has 1 amide bonds. The van der Waals surface area contributed by atoms with Crippen molar-refractivity contribution in [3.8, 4) is 6.07 Å². The molecule has 1 fully saturated rings. The number of hydrogen-bond acceptors (Lipinski definition) is 3. The monoisotopic (exact) mass is 288 g/mol. The lowest BCUT2D eigenvalue weighted by atomic mass is 9.99. The lowest BCUT2D eigenvalue weighted by Crippen LogP contribution is -2.36. The molecule has 1 aliphatic carbocycles. The van der Waals surface area contributed by atoms with Crippen LogP contribution in [0.3, 0.4) is 0 Å². The van der Waals surface area contributed by atoms with Gasteiger partial charge in [-0.05, 0) is 30.6 Å². The molecule has 3 atom stereocenters. The minimum absolute atomic E-state index is 0.161. The number of benzene rings is 1. The van der Waals surface area contributed by atoms with Crippen LogP contribution in [-0.2, 0) is 4.79 Å².